The van der Waals surface area contributed by atoms with Crippen molar-refractivity contribution in [2.75, 3.05) is 13.2 Å². The molecule has 1 aliphatic carbocycles. The molecule has 5 heteroatoms. The van der Waals surface area contributed by atoms with E-state index in [-0.39, 0.29) is 11.9 Å². The molecule has 1 unspecified atom stereocenters. The zero-order valence-corrected chi connectivity index (χ0v) is 14.4. The van der Waals surface area contributed by atoms with Gasteiger partial charge in [-0.25, -0.2) is 0 Å². The minimum Gasteiger partial charge on any atom is -0.486 e. The van der Waals surface area contributed by atoms with E-state index in [2.05, 4.69) is 21.2 Å². The summed E-state index contributed by atoms with van der Waals surface area (Å²) in [7, 11) is 0. The number of fused-ring (bicyclic) bond motifs is 1. The molecule has 0 bridgehead atoms. The Balaban J connectivity index is 1.66. The Bertz CT molecular complexity index is 555. The van der Waals surface area contributed by atoms with Gasteiger partial charge in [-0.15, -0.1) is 0 Å². The van der Waals surface area contributed by atoms with Gasteiger partial charge in [-0.2, -0.15) is 0 Å². The average molecular weight is 368 g/mol. The van der Waals surface area contributed by atoms with Crippen molar-refractivity contribution in [3.05, 3.63) is 22.2 Å². The average Bonchev–Trinajstić information content (AvgIpc) is 2.99. The summed E-state index contributed by atoms with van der Waals surface area (Å²) in [5.41, 5.74) is 1.02. The van der Waals surface area contributed by atoms with Gasteiger partial charge in [-0.05, 0) is 43.4 Å². The summed E-state index contributed by atoms with van der Waals surface area (Å²) >= 11 is 3.57. The molecule has 1 N–H and O–H groups in total. The third-order valence-electron chi connectivity index (χ3n) is 4.45. The Labute approximate surface area is 139 Å². The van der Waals surface area contributed by atoms with E-state index >= 15 is 0 Å². The van der Waals surface area contributed by atoms with Crippen LogP contribution in [0.4, 0.5) is 0 Å². The zero-order valence-electron chi connectivity index (χ0n) is 12.9. The Morgan fingerprint density at radius 2 is 1.91 bits per heavy atom. The molecule has 0 aromatic heterocycles. The maximum atomic E-state index is 12.2. The number of benzene rings is 1. The lowest BCUT2D eigenvalue weighted by atomic mass is 10.0. The fraction of sp³-hybridized carbons (Fsp3) is 0.588. The molecule has 0 radical (unpaired) electrons. The maximum Gasteiger partial charge on any atom is 0.220 e. The Morgan fingerprint density at radius 3 is 2.59 bits per heavy atom. The van der Waals surface area contributed by atoms with E-state index < -0.39 is 0 Å². The van der Waals surface area contributed by atoms with Crippen LogP contribution in [0, 0.1) is 5.92 Å². The van der Waals surface area contributed by atoms with Crippen LogP contribution in [0.2, 0.25) is 0 Å². The van der Waals surface area contributed by atoms with E-state index in [1.165, 1.54) is 25.7 Å². The third-order valence-corrected chi connectivity index (χ3v) is 5.14. The molecule has 1 saturated carbocycles. The minimum absolute atomic E-state index is 0.0564. The number of ether oxygens (including phenoxy) is 2. The molecule has 0 saturated heterocycles. The summed E-state index contributed by atoms with van der Waals surface area (Å²) in [6.45, 7) is 3.14. The smallest absolute Gasteiger partial charge is 0.220 e. The van der Waals surface area contributed by atoms with Crippen molar-refractivity contribution in [2.45, 2.75) is 45.1 Å². The molecule has 22 heavy (non-hydrogen) atoms. The highest BCUT2D eigenvalue weighted by molar-refractivity contribution is 9.10. The van der Waals surface area contributed by atoms with Gasteiger partial charge >= 0.3 is 0 Å². The number of hydrogen-bond acceptors (Lipinski definition) is 3. The molecular formula is C17H22BrNO3. The number of rotatable bonds is 4. The van der Waals surface area contributed by atoms with Crippen LogP contribution in [0.25, 0.3) is 0 Å². The van der Waals surface area contributed by atoms with E-state index in [0.717, 1.165) is 21.5 Å². The van der Waals surface area contributed by atoms with Crippen molar-refractivity contribution >= 4 is 21.8 Å². The van der Waals surface area contributed by atoms with Gasteiger partial charge in [0.05, 0.1) is 6.04 Å². The second kappa shape index (κ2) is 6.90. The summed E-state index contributed by atoms with van der Waals surface area (Å²) in [5, 5.41) is 3.11. The molecule has 4 nitrogen and oxygen atoms in total. The van der Waals surface area contributed by atoms with Gasteiger partial charge in [-0.3, -0.25) is 4.79 Å². The molecule has 3 rings (SSSR count). The van der Waals surface area contributed by atoms with Crippen molar-refractivity contribution in [1.29, 1.82) is 0 Å². The monoisotopic (exact) mass is 367 g/mol. The SMILES string of the molecule is CC(NC(=O)CC1CCCC1)c1cc2c(cc1Br)OCCO2. The van der Waals surface area contributed by atoms with Crippen LogP contribution in [0.15, 0.2) is 16.6 Å². The first-order valence-corrected chi connectivity index (χ1v) is 8.81. The molecule has 1 atom stereocenters. The van der Waals surface area contributed by atoms with E-state index in [4.69, 9.17) is 9.47 Å². The predicted octanol–water partition coefficient (Wildman–Crippen LogP) is 3.98. The van der Waals surface area contributed by atoms with E-state index in [9.17, 15) is 4.79 Å². The number of amides is 1. The van der Waals surface area contributed by atoms with Gasteiger partial charge in [0.25, 0.3) is 0 Å². The van der Waals surface area contributed by atoms with Crippen LogP contribution in [-0.4, -0.2) is 19.1 Å². The first-order chi connectivity index (χ1) is 10.6. The number of nitrogens with one attached hydrogen (secondary N) is 1. The second-order valence-corrected chi connectivity index (χ2v) is 7.02. The number of carbonyl (C=O) groups excluding carboxylic acids is 1. The first-order valence-electron chi connectivity index (χ1n) is 8.02. The number of carbonyl (C=O) groups is 1. The molecule has 1 amide bonds. The predicted molar refractivity (Wildman–Crippen MR) is 88.3 cm³/mol. The van der Waals surface area contributed by atoms with Gasteiger partial charge in [0, 0.05) is 10.9 Å². The Morgan fingerprint density at radius 1 is 1.27 bits per heavy atom. The van der Waals surface area contributed by atoms with E-state index in [1.807, 2.05) is 19.1 Å². The summed E-state index contributed by atoms with van der Waals surface area (Å²) in [4.78, 5) is 12.2. The molecule has 1 heterocycles. The summed E-state index contributed by atoms with van der Waals surface area (Å²) in [6.07, 6.45) is 5.56. The fourth-order valence-corrected chi connectivity index (χ4v) is 3.93. The van der Waals surface area contributed by atoms with Gasteiger partial charge in [-0.1, -0.05) is 28.8 Å². The maximum absolute atomic E-state index is 12.2. The number of halogens is 1. The van der Waals surface area contributed by atoms with Crippen LogP contribution < -0.4 is 14.8 Å². The highest BCUT2D eigenvalue weighted by Gasteiger charge is 2.22. The molecule has 2 aliphatic rings. The highest BCUT2D eigenvalue weighted by Crippen LogP contribution is 2.38. The van der Waals surface area contributed by atoms with Crippen LogP contribution in [-0.2, 0) is 4.79 Å². The Kier molecular flexibility index (Phi) is 4.91. The zero-order chi connectivity index (χ0) is 15.5. The normalized spacial score (nSPS) is 19.0. The van der Waals surface area contributed by atoms with Crippen LogP contribution in [0.3, 0.4) is 0 Å². The summed E-state index contributed by atoms with van der Waals surface area (Å²) in [6, 6.07) is 3.82. The second-order valence-electron chi connectivity index (χ2n) is 6.16. The molecule has 1 aliphatic heterocycles. The van der Waals surface area contributed by atoms with Crippen molar-refractivity contribution in [2.24, 2.45) is 5.92 Å². The van der Waals surface area contributed by atoms with Gasteiger partial charge in [0.15, 0.2) is 11.5 Å². The molecular weight excluding hydrogens is 346 g/mol. The van der Waals surface area contributed by atoms with Crippen LogP contribution >= 0.6 is 15.9 Å². The van der Waals surface area contributed by atoms with Crippen LogP contribution in [0.1, 0.15) is 50.6 Å². The molecule has 120 valence electrons. The van der Waals surface area contributed by atoms with E-state index in [0.29, 0.717) is 25.6 Å². The quantitative estimate of drug-likeness (QED) is 0.875. The summed E-state index contributed by atoms with van der Waals surface area (Å²) < 4.78 is 12.1. The highest BCUT2D eigenvalue weighted by atomic mass is 79.9. The van der Waals surface area contributed by atoms with Crippen molar-refractivity contribution in [1.82, 2.24) is 5.32 Å². The fourth-order valence-electron chi connectivity index (χ4n) is 3.27. The molecule has 1 fully saturated rings. The van der Waals surface area contributed by atoms with Gasteiger partial charge in [0.1, 0.15) is 13.2 Å². The number of hydrogen-bond donors (Lipinski definition) is 1. The van der Waals surface area contributed by atoms with Crippen molar-refractivity contribution in [3.63, 3.8) is 0 Å². The van der Waals surface area contributed by atoms with Crippen molar-refractivity contribution < 1.29 is 14.3 Å². The lowest BCUT2D eigenvalue weighted by molar-refractivity contribution is -0.122. The standard InChI is InChI=1S/C17H22BrNO3/c1-11(19-17(20)8-12-4-2-3-5-12)13-9-15-16(10-14(13)18)22-7-6-21-15/h9-12H,2-8H2,1H3,(H,19,20). The first kappa shape index (κ1) is 15.7. The van der Waals surface area contributed by atoms with Gasteiger partial charge < -0.3 is 14.8 Å². The molecule has 1 aromatic carbocycles. The topological polar surface area (TPSA) is 47.6 Å². The van der Waals surface area contributed by atoms with Gasteiger partial charge in [0.2, 0.25) is 5.91 Å². The third kappa shape index (κ3) is 3.57. The molecule has 1 aromatic rings. The lowest BCUT2D eigenvalue weighted by Gasteiger charge is -2.22. The minimum atomic E-state index is -0.0564. The Hall–Kier alpha value is -1.23. The summed E-state index contributed by atoms with van der Waals surface area (Å²) in [5.74, 6) is 2.21. The van der Waals surface area contributed by atoms with Crippen LogP contribution in [0.5, 0.6) is 11.5 Å². The largest absolute Gasteiger partial charge is 0.486 e. The lowest BCUT2D eigenvalue weighted by Crippen LogP contribution is -2.28. The molecule has 0 spiro atoms. The van der Waals surface area contributed by atoms with E-state index in [1.54, 1.807) is 0 Å². The van der Waals surface area contributed by atoms with Crippen molar-refractivity contribution in [3.8, 4) is 11.5 Å².